The largest absolute Gasteiger partial charge is 0.0835 e. The molecule has 0 bridgehead atoms. The van der Waals surface area contributed by atoms with E-state index >= 15 is 0 Å². The Morgan fingerprint density at radius 3 is 2.22 bits per heavy atom. The molecule has 2 rings (SSSR count). The second kappa shape index (κ2) is 6.90. The van der Waals surface area contributed by atoms with E-state index in [9.17, 15) is 0 Å². The van der Waals surface area contributed by atoms with Gasteiger partial charge in [-0.3, -0.25) is 0 Å². The SMILES string of the molecule is Cc1cc(Br)c(C(Br)C2CCCCCC2)cc1Br. The van der Waals surface area contributed by atoms with Crippen molar-refractivity contribution in [2.75, 3.05) is 0 Å². The van der Waals surface area contributed by atoms with Gasteiger partial charge >= 0.3 is 0 Å². The number of benzene rings is 1. The number of aryl methyl sites for hydroxylation is 1. The maximum absolute atomic E-state index is 3.94. The van der Waals surface area contributed by atoms with E-state index in [4.69, 9.17) is 0 Å². The number of hydrogen-bond donors (Lipinski definition) is 0. The van der Waals surface area contributed by atoms with E-state index < -0.39 is 0 Å². The van der Waals surface area contributed by atoms with Crippen molar-refractivity contribution in [3.05, 3.63) is 32.2 Å². The van der Waals surface area contributed by atoms with Crippen molar-refractivity contribution in [2.24, 2.45) is 5.92 Å². The lowest BCUT2D eigenvalue weighted by molar-refractivity contribution is 0.454. The summed E-state index contributed by atoms with van der Waals surface area (Å²) in [5, 5.41) is 0. The van der Waals surface area contributed by atoms with Crippen LogP contribution in [0.2, 0.25) is 0 Å². The first-order chi connectivity index (χ1) is 8.59. The quantitative estimate of drug-likeness (QED) is 0.347. The fourth-order valence-corrected chi connectivity index (χ4v) is 5.01. The Kier molecular flexibility index (Phi) is 5.77. The molecule has 3 heteroatoms. The van der Waals surface area contributed by atoms with Crippen LogP contribution in [0.15, 0.2) is 21.1 Å². The molecule has 1 unspecified atom stereocenters. The second-order valence-corrected chi connectivity index (χ2v) is 7.97. The van der Waals surface area contributed by atoms with Crippen molar-refractivity contribution in [1.82, 2.24) is 0 Å². The van der Waals surface area contributed by atoms with Gasteiger partial charge in [-0.15, -0.1) is 0 Å². The lowest BCUT2D eigenvalue weighted by Gasteiger charge is -2.23. The summed E-state index contributed by atoms with van der Waals surface area (Å²) in [7, 11) is 0. The molecule has 100 valence electrons. The number of halogens is 3. The topological polar surface area (TPSA) is 0 Å². The third-order valence-corrected chi connectivity index (χ3v) is 6.67. The predicted octanol–water partition coefficient (Wildman–Crippen LogP) is 6.93. The smallest absolute Gasteiger partial charge is 0.0435 e. The molecule has 0 spiro atoms. The monoisotopic (exact) mass is 436 g/mol. The molecule has 0 heterocycles. The van der Waals surface area contributed by atoms with Gasteiger partial charge in [0, 0.05) is 13.8 Å². The van der Waals surface area contributed by atoms with E-state index in [1.807, 2.05) is 0 Å². The lowest BCUT2D eigenvalue weighted by Crippen LogP contribution is -2.07. The maximum atomic E-state index is 3.94. The molecule has 1 aromatic carbocycles. The van der Waals surface area contributed by atoms with Crippen LogP contribution in [0.4, 0.5) is 0 Å². The molecule has 1 saturated carbocycles. The highest BCUT2D eigenvalue weighted by molar-refractivity contribution is 9.11. The van der Waals surface area contributed by atoms with E-state index in [-0.39, 0.29) is 0 Å². The van der Waals surface area contributed by atoms with Gasteiger partial charge in [-0.25, -0.2) is 0 Å². The molecule has 18 heavy (non-hydrogen) atoms. The molecule has 0 aliphatic heterocycles. The van der Waals surface area contributed by atoms with Crippen molar-refractivity contribution in [2.45, 2.75) is 50.3 Å². The average Bonchev–Trinajstić information content (AvgIpc) is 2.61. The molecule has 0 aromatic heterocycles. The van der Waals surface area contributed by atoms with E-state index in [0.29, 0.717) is 4.83 Å². The summed E-state index contributed by atoms with van der Waals surface area (Å²) in [5.41, 5.74) is 2.67. The Labute approximate surface area is 135 Å². The fourth-order valence-electron chi connectivity index (χ4n) is 2.73. The molecule has 1 atom stereocenters. The van der Waals surface area contributed by atoms with Crippen LogP contribution in [-0.2, 0) is 0 Å². The Morgan fingerprint density at radius 1 is 1.00 bits per heavy atom. The zero-order valence-electron chi connectivity index (χ0n) is 10.7. The van der Waals surface area contributed by atoms with Crippen LogP contribution in [0.1, 0.15) is 54.5 Å². The molecule has 0 amide bonds. The van der Waals surface area contributed by atoms with Crippen molar-refractivity contribution < 1.29 is 0 Å². The average molecular weight is 439 g/mol. The Morgan fingerprint density at radius 2 is 1.61 bits per heavy atom. The molecule has 1 fully saturated rings. The zero-order chi connectivity index (χ0) is 13.1. The van der Waals surface area contributed by atoms with Crippen LogP contribution < -0.4 is 0 Å². The van der Waals surface area contributed by atoms with Crippen molar-refractivity contribution >= 4 is 47.8 Å². The van der Waals surface area contributed by atoms with Gasteiger partial charge in [-0.1, -0.05) is 73.5 Å². The van der Waals surface area contributed by atoms with E-state index in [1.54, 1.807) is 0 Å². The van der Waals surface area contributed by atoms with Crippen LogP contribution in [-0.4, -0.2) is 0 Å². The van der Waals surface area contributed by atoms with Crippen molar-refractivity contribution in [1.29, 1.82) is 0 Å². The Bertz CT molecular complexity index is 406. The molecule has 0 N–H and O–H groups in total. The van der Waals surface area contributed by atoms with Gasteiger partial charge < -0.3 is 0 Å². The minimum absolute atomic E-state index is 0.474. The van der Waals surface area contributed by atoms with Gasteiger partial charge in [0.15, 0.2) is 0 Å². The fraction of sp³-hybridized carbons (Fsp3) is 0.600. The summed E-state index contributed by atoms with van der Waals surface area (Å²) < 4.78 is 2.44. The zero-order valence-corrected chi connectivity index (χ0v) is 15.4. The maximum Gasteiger partial charge on any atom is 0.0435 e. The second-order valence-electron chi connectivity index (χ2n) is 5.28. The Hall–Kier alpha value is 0.660. The third-order valence-electron chi connectivity index (χ3n) is 3.89. The molecule has 0 nitrogen and oxygen atoms in total. The van der Waals surface area contributed by atoms with Gasteiger partial charge in [0.1, 0.15) is 0 Å². The lowest BCUT2D eigenvalue weighted by atomic mass is 9.92. The summed E-state index contributed by atoms with van der Waals surface area (Å²) >= 11 is 11.3. The molecule has 1 aliphatic carbocycles. The van der Waals surface area contributed by atoms with Gasteiger partial charge in [-0.05, 0) is 48.9 Å². The summed E-state index contributed by atoms with van der Waals surface area (Å²) in [6.45, 7) is 2.13. The summed E-state index contributed by atoms with van der Waals surface area (Å²) in [6.07, 6.45) is 8.31. The molecular weight excluding hydrogens is 420 g/mol. The van der Waals surface area contributed by atoms with E-state index in [1.165, 1.54) is 58.6 Å². The highest BCUT2D eigenvalue weighted by atomic mass is 79.9. The molecule has 0 saturated heterocycles. The molecule has 1 aliphatic rings. The number of rotatable bonds is 2. The summed E-state index contributed by atoms with van der Waals surface area (Å²) in [5.74, 6) is 0.776. The highest BCUT2D eigenvalue weighted by Gasteiger charge is 2.23. The first-order valence-corrected chi connectivity index (χ1v) is 9.19. The number of alkyl halides is 1. The minimum atomic E-state index is 0.474. The van der Waals surface area contributed by atoms with Crippen LogP contribution in [0, 0.1) is 12.8 Å². The third kappa shape index (κ3) is 3.61. The molecule has 0 radical (unpaired) electrons. The first-order valence-electron chi connectivity index (χ1n) is 6.69. The van der Waals surface area contributed by atoms with Crippen molar-refractivity contribution in [3.63, 3.8) is 0 Å². The predicted molar refractivity (Wildman–Crippen MR) is 89.4 cm³/mol. The molecular formula is C15H19Br3. The number of hydrogen-bond acceptors (Lipinski definition) is 0. The Balaban J connectivity index is 2.21. The van der Waals surface area contributed by atoms with E-state index in [2.05, 4.69) is 66.8 Å². The van der Waals surface area contributed by atoms with Gasteiger partial charge in [0.2, 0.25) is 0 Å². The van der Waals surface area contributed by atoms with E-state index in [0.717, 1.165) is 5.92 Å². The highest BCUT2D eigenvalue weighted by Crippen LogP contribution is 2.43. The molecule has 1 aromatic rings. The normalized spacial score (nSPS) is 19.6. The summed E-state index contributed by atoms with van der Waals surface area (Å²) in [6, 6.07) is 4.48. The van der Waals surface area contributed by atoms with Crippen LogP contribution >= 0.6 is 47.8 Å². The van der Waals surface area contributed by atoms with Gasteiger partial charge in [0.05, 0.1) is 0 Å². The summed E-state index contributed by atoms with van der Waals surface area (Å²) in [4.78, 5) is 0.474. The minimum Gasteiger partial charge on any atom is -0.0835 e. The van der Waals surface area contributed by atoms with Crippen LogP contribution in [0.3, 0.4) is 0 Å². The van der Waals surface area contributed by atoms with Crippen LogP contribution in [0.5, 0.6) is 0 Å². The standard InChI is InChI=1S/C15H19Br3/c1-10-8-14(17)12(9-13(10)16)15(18)11-6-4-2-3-5-7-11/h8-9,11,15H,2-7H2,1H3. The van der Waals surface area contributed by atoms with Crippen LogP contribution in [0.25, 0.3) is 0 Å². The van der Waals surface area contributed by atoms with Crippen molar-refractivity contribution in [3.8, 4) is 0 Å². The first kappa shape index (κ1) is 15.1. The van der Waals surface area contributed by atoms with Gasteiger partial charge in [0.25, 0.3) is 0 Å². The van der Waals surface area contributed by atoms with Gasteiger partial charge in [-0.2, -0.15) is 0 Å².